The van der Waals surface area contributed by atoms with Crippen LogP contribution in [0.4, 0.5) is 17.1 Å². The smallest absolute Gasteiger partial charge is 0.145 e. The number of benzene rings is 7. The van der Waals surface area contributed by atoms with E-state index in [1.807, 2.05) is 24.5 Å². The standard InChI is InChI=1S/C52H34N6/c1-5-26-47-41(20-1)42-21-2-6-27-48(42)56(47)38-17-9-14-35(32-38)55(36-15-10-18-39(33-36)57-49-28-7-3-22-43(49)45-24-12-30-53-51(45)57)37-16-11-19-40(34-37)58-50-29-8-4-23-44(50)46-25-13-31-54-52(46)58/h1-34H. The molecule has 0 amide bonds. The van der Waals surface area contributed by atoms with Crippen LogP contribution in [0.25, 0.3) is 82.7 Å². The van der Waals surface area contributed by atoms with E-state index in [1.165, 1.54) is 32.6 Å². The van der Waals surface area contributed by atoms with Crippen LogP contribution in [0.2, 0.25) is 0 Å². The summed E-state index contributed by atoms with van der Waals surface area (Å²) in [6, 6.07) is 69.3. The quantitative estimate of drug-likeness (QED) is 0.170. The lowest BCUT2D eigenvalue weighted by Gasteiger charge is -2.27. The number of rotatable bonds is 6. The molecule has 0 N–H and O–H groups in total. The molecule has 5 heterocycles. The zero-order chi connectivity index (χ0) is 38.2. The second-order valence-corrected chi connectivity index (χ2v) is 14.7. The number of fused-ring (bicyclic) bond motifs is 9. The monoisotopic (exact) mass is 742 g/mol. The normalized spacial score (nSPS) is 11.8. The summed E-state index contributed by atoms with van der Waals surface area (Å²) in [4.78, 5) is 12.2. The molecule has 0 atom stereocenters. The van der Waals surface area contributed by atoms with Crippen molar-refractivity contribution in [1.29, 1.82) is 0 Å². The van der Waals surface area contributed by atoms with Gasteiger partial charge in [-0.2, -0.15) is 0 Å². The van der Waals surface area contributed by atoms with Crippen LogP contribution in [-0.2, 0) is 0 Å². The van der Waals surface area contributed by atoms with Crippen LogP contribution in [0.15, 0.2) is 207 Å². The van der Waals surface area contributed by atoms with Gasteiger partial charge in [0.05, 0.1) is 22.1 Å². The number of hydrogen-bond donors (Lipinski definition) is 0. The Bertz CT molecular complexity index is 3020. The summed E-state index contributed by atoms with van der Waals surface area (Å²) in [5, 5.41) is 7.09. The molecule has 0 fully saturated rings. The van der Waals surface area contributed by atoms with Crippen LogP contribution in [0.1, 0.15) is 0 Å². The van der Waals surface area contributed by atoms with Crippen molar-refractivity contribution in [2.75, 3.05) is 4.90 Å². The minimum absolute atomic E-state index is 0.932. The van der Waals surface area contributed by atoms with Crippen LogP contribution in [0.3, 0.4) is 0 Å². The molecule has 0 aliphatic carbocycles. The van der Waals surface area contributed by atoms with E-state index in [2.05, 4.69) is 201 Å². The van der Waals surface area contributed by atoms with Crippen molar-refractivity contribution in [1.82, 2.24) is 23.7 Å². The SMILES string of the molecule is c1cc(N(c2cccc(-n3c4ccccc4c4cccnc43)c2)c2cccc(-n3c4ccccc4c4cccnc43)c2)cc(-n2c3ccccc3c3ccccc32)c1. The van der Waals surface area contributed by atoms with Gasteiger partial charge in [0.25, 0.3) is 0 Å². The van der Waals surface area contributed by atoms with Gasteiger partial charge in [-0.15, -0.1) is 0 Å². The molecule has 6 nitrogen and oxygen atoms in total. The highest BCUT2D eigenvalue weighted by atomic mass is 15.2. The fourth-order valence-electron chi connectivity index (χ4n) is 9.08. The second-order valence-electron chi connectivity index (χ2n) is 14.7. The highest BCUT2D eigenvalue weighted by molar-refractivity contribution is 6.10. The van der Waals surface area contributed by atoms with Crippen molar-refractivity contribution >= 4 is 82.7 Å². The lowest BCUT2D eigenvalue weighted by molar-refractivity contribution is 1.12. The van der Waals surface area contributed by atoms with E-state index in [0.717, 1.165) is 67.2 Å². The summed E-state index contributed by atoms with van der Waals surface area (Å²) in [6.45, 7) is 0. The highest BCUT2D eigenvalue weighted by Gasteiger charge is 2.20. The van der Waals surface area contributed by atoms with Gasteiger partial charge in [0.15, 0.2) is 0 Å². The fourth-order valence-corrected chi connectivity index (χ4v) is 9.08. The van der Waals surface area contributed by atoms with E-state index in [4.69, 9.17) is 9.97 Å². The summed E-state index contributed by atoms with van der Waals surface area (Å²) in [5.41, 5.74) is 12.7. The maximum atomic E-state index is 4.90. The van der Waals surface area contributed by atoms with E-state index in [0.29, 0.717) is 0 Å². The minimum atomic E-state index is 0.932. The third-order valence-electron chi connectivity index (χ3n) is 11.5. The van der Waals surface area contributed by atoms with E-state index in [1.54, 1.807) is 0 Å². The first-order valence-corrected chi connectivity index (χ1v) is 19.6. The first-order valence-electron chi connectivity index (χ1n) is 19.6. The largest absolute Gasteiger partial charge is 0.310 e. The zero-order valence-electron chi connectivity index (χ0n) is 31.3. The molecule has 0 saturated carbocycles. The van der Waals surface area contributed by atoms with Crippen LogP contribution in [0.5, 0.6) is 0 Å². The summed E-state index contributed by atoms with van der Waals surface area (Å²) < 4.78 is 6.94. The fraction of sp³-hybridized carbons (Fsp3) is 0. The van der Waals surface area contributed by atoms with Gasteiger partial charge in [0, 0.05) is 78.8 Å². The number of nitrogens with zero attached hydrogens (tertiary/aromatic N) is 6. The van der Waals surface area contributed by atoms with Gasteiger partial charge in [0.1, 0.15) is 11.3 Å². The van der Waals surface area contributed by atoms with Crippen molar-refractivity contribution < 1.29 is 0 Å². The molecule has 6 heteroatoms. The molecular formula is C52H34N6. The maximum absolute atomic E-state index is 4.90. The molecule has 5 aromatic heterocycles. The van der Waals surface area contributed by atoms with Crippen molar-refractivity contribution in [3.05, 3.63) is 207 Å². The predicted octanol–water partition coefficient (Wildman–Crippen LogP) is 13.2. The zero-order valence-corrected chi connectivity index (χ0v) is 31.3. The molecular weight excluding hydrogens is 709 g/mol. The van der Waals surface area contributed by atoms with Gasteiger partial charge in [-0.3, -0.25) is 9.13 Å². The Morgan fingerprint density at radius 3 is 1.03 bits per heavy atom. The van der Waals surface area contributed by atoms with E-state index in [-0.39, 0.29) is 0 Å². The van der Waals surface area contributed by atoms with Gasteiger partial charge in [-0.1, -0.05) is 91.0 Å². The number of hydrogen-bond acceptors (Lipinski definition) is 3. The van der Waals surface area contributed by atoms with Crippen LogP contribution >= 0.6 is 0 Å². The highest BCUT2D eigenvalue weighted by Crippen LogP contribution is 2.41. The van der Waals surface area contributed by atoms with Crippen molar-refractivity contribution in [2.45, 2.75) is 0 Å². The van der Waals surface area contributed by atoms with Gasteiger partial charge < -0.3 is 9.47 Å². The Labute approximate surface area is 333 Å². The minimum Gasteiger partial charge on any atom is -0.310 e. The summed E-state index contributed by atoms with van der Waals surface area (Å²) in [7, 11) is 0. The average molecular weight is 743 g/mol. The lowest BCUT2D eigenvalue weighted by Crippen LogP contribution is -2.12. The van der Waals surface area contributed by atoms with Gasteiger partial charge in [0.2, 0.25) is 0 Å². The van der Waals surface area contributed by atoms with Crippen molar-refractivity contribution in [3.63, 3.8) is 0 Å². The predicted molar refractivity (Wildman–Crippen MR) is 240 cm³/mol. The van der Waals surface area contributed by atoms with Crippen molar-refractivity contribution in [3.8, 4) is 17.1 Å². The second kappa shape index (κ2) is 12.8. The lowest BCUT2D eigenvalue weighted by atomic mass is 10.1. The molecule has 12 rings (SSSR count). The number of pyridine rings is 2. The number of anilines is 3. The molecule has 272 valence electrons. The number of aromatic nitrogens is 5. The topological polar surface area (TPSA) is 43.8 Å². The Balaban J connectivity index is 1.10. The molecule has 58 heavy (non-hydrogen) atoms. The third-order valence-corrected chi connectivity index (χ3v) is 11.5. The van der Waals surface area contributed by atoms with Gasteiger partial charge in [-0.25, -0.2) is 9.97 Å². The van der Waals surface area contributed by atoms with E-state index >= 15 is 0 Å². The van der Waals surface area contributed by atoms with E-state index in [9.17, 15) is 0 Å². The Morgan fingerprint density at radius 2 is 0.621 bits per heavy atom. The molecule has 0 aliphatic heterocycles. The molecule has 0 aliphatic rings. The van der Waals surface area contributed by atoms with E-state index < -0.39 is 0 Å². The molecule has 0 bridgehead atoms. The van der Waals surface area contributed by atoms with Crippen LogP contribution < -0.4 is 4.90 Å². The molecule has 0 unspecified atom stereocenters. The van der Waals surface area contributed by atoms with Gasteiger partial charge in [-0.05, 0) is 103 Å². The first kappa shape index (κ1) is 32.3. The molecule has 0 spiro atoms. The Morgan fingerprint density at radius 1 is 0.293 bits per heavy atom. The summed E-state index contributed by atoms with van der Waals surface area (Å²) in [5.74, 6) is 0. The Hall–Kier alpha value is -7.96. The molecule has 0 radical (unpaired) electrons. The first-order chi connectivity index (χ1) is 28.8. The molecule has 0 saturated heterocycles. The maximum Gasteiger partial charge on any atom is 0.145 e. The molecule has 7 aromatic carbocycles. The van der Waals surface area contributed by atoms with Crippen molar-refractivity contribution in [2.24, 2.45) is 0 Å². The van der Waals surface area contributed by atoms with Crippen LogP contribution in [0, 0.1) is 0 Å². The summed E-state index contributed by atoms with van der Waals surface area (Å²) >= 11 is 0. The average Bonchev–Trinajstić information content (AvgIpc) is 3.93. The molecule has 12 aromatic rings. The Kier molecular flexibility index (Phi) is 7.13. The van der Waals surface area contributed by atoms with Gasteiger partial charge >= 0.3 is 0 Å². The third kappa shape index (κ3) is 4.85. The summed E-state index contributed by atoms with van der Waals surface area (Å²) in [6.07, 6.45) is 3.76. The number of para-hydroxylation sites is 4. The van der Waals surface area contributed by atoms with Crippen LogP contribution in [-0.4, -0.2) is 23.7 Å².